The van der Waals surface area contributed by atoms with Gasteiger partial charge >= 0.3 is 0 Å². The summed E-state index contributed by atoms with van der Waals surface area (Å²) in [6.45, 7) is 2.14. The summed E-state index contributed by atoms with van der Waals surface area (Å²) in [6, 6.07) is 19.6. The van der Waals surface area contributed by atoms with Crippen LogP contribution in [0.15, 0.2) is 54.6 Å². The Morgan fingerprint density at radius 1 is 0.647 bits per heavy atom. The molecule has 2 rings (SSSR count). The molecule has 0 aromatic heterocycles. The molecule has 0 aliphatic rings. The van der Waals surface area contributed by atoms with Gasteiger partial charge in [0.25, 0.3) is 0 Å². The third kappa shape index (κ3) is 4.07. The first-order chi connectivity index (χ1) is 8.34. The van der Waals surface area contributed by atoms with Crippen LogP contribution in [0.2, 0.25) is 0 Å². The Morgan fingerprint density at radius 2 is 1.18 bits per heavy atom. The number of benzene rings is 2. The summed E-state index contributed by atoms with van der Waals surface area (Å²) in [5.74, 6) is 0. The van der Waals surface area contributed by atoms with E-state index in [2.05, 4.69) is 61.5 Å². The Bertz CT molecular complexity index is 425. The molecular formula is C17H20. The van der Waals surface area contributed by atoms with Crippen molar-refractivity contribution in [2.45, 2.75) is 32.6 Å². The van der Waals surface area contributed by atoms with Crippen LogP contribution in [0.4, 0.5) is 0 Å². The molecule has 0 unspecified atom stereocenters. The van der Waals surface area contributed by atoms with Gasteiger partial charge in [-0.3, -0.25) is 0 Å². The SMILES string of the molecule is Cc1ccc(CCCCc2ccccc2)cc1. The van der Waals surface area contributed by atoms with Crippen molar-refractivity contribution in [3.63, 3.8) is 0 Å². The lowest BCUT2D eigenvalue weighted by molar-refractivity contribution is 0.734. The minimum Gasteiger partial charge on any atom is -0.0622 e. The van der Waals surface area contributed by atoms with Gasteiger partial charge in [0, 0.05) is 0 Å². The minimum absolute atomic E-state index is 1.20. The zero-order valence-corrected chi connectivity index (χ0v) is 10.5. The number of hydrogen-bond donors (Lipinski definition) is 0. The van der Waals surface area contributed by atoms with Gasteiger partial charge in [0.2, 0.25) is 0 Å². The highest BCUT2D eigenvalue weighted by molar-refractivity contribution is 5.21. The average molecular weight is 224 g/mol. The molecule has 0 heterocycles. The zero-order chi connectivity index (χ0) is 11.9. The van der Waals surface area contributed by atoms with Crippen LogP contribution in [-0.4, -0.2) is 0 Å². The van der Waals surface area contributed by atoms with Gasteiger partial charge < -0.3 is 0 Å². The third-order valence-electron chi connectivity index (χ3n) is 3.14. The Balaban J connectivity index is 1.71. The molecule has 0 aliphatic carbocycles. The number of rotatable bonds is 5. The molecule has 0 nitrogen and oxygen atoms in total. The van der Waals surface area contributed by atoms with Crippen LogP contribution in [0.25, 0.3) is 0 Å². The van der Waals surface area contributed by atoms with Gasteiger partial charge in [-0.2, -0.15) is 0 Å². The van der Waals surface area contributed by atoms with Crippen molar-refractivity contribution in [2.75, 3.05) is 0 Å². The van der Waals surface area contributed by atoms with Crippen molar-refractivity contribution in [3.8, 4) is 0 Å². The molecule has 0 saturated carbocycles. The van der Waals surface area contributed by atoms with Crippen molar-refractivity contribution in [1.82, 2.24) is 0 Å². The van der Waals surface area contributed by atoms with Gasteiger partial charge in [-0.1, -0.05) is 60.2 Å². The molecule has 2 aromatic rings. The molecule has 0 heteroatoms. The molecule has 0 atom stereocenters. The summed E-state index contributed by atoms with van der Waals surface area (Å²) in [6.07, 6.45) is 4.95. The second kappa shape index (κ2) is 6.24. The van der Waals surface area contributed by atoms with E-state index in [-0.39, 0.29) is 0 Å². The van der Waals surface area contributed by atoms with E-state index in [0.717, 1.165) is 0 Å². The van der Waals surface area contributed by atoms with E-state index in [4.69, 9.17) is 0 Å². The fourth-order valence-electron chi connectivity index (χ4n) is 2.06. The predicted molar refractivity (Wildman–Crippen MR) is 74.3 cm³/mol. The molecule has 0 amide bonds. The molecule has 0 saturated heterocycles. The van der Waals surface area contributed by atoms with Gasteiger partial charge in [0.1, 0.15) is 0 Å². The summed E-state index contributed by atoms with van der Waals surface area (Å²) in [5.41, 5.74) is 4.26. The standard InChI is InChI=1S/C17H20/c1-15-11-13-17(14-12-15)10-6-5-9-16-7-3-2-4-8-16/h2-4,7-8,11-14H,5-6,9-10H2,1H3. The van der Waals surface area contributed by atoms with E-state index in [0.29, 0.717) is 0 Å². The van der Waals surface area contributed by atoms with Crippen LogP contribution in [0.3, 0.4) is 0 Å². The maximum atomic E-state index is 2.25. The molecule has 0 bridgehead atoms. The van der Waals surface area contributed by atoms with Crippen molar-refractivity contribution < 1.29 is 0 Å². The molecule has 0 aliphatic heterocycles. The summed E-state index contributed by atoms with van der Waals surface area (Å²) in [4.78, 5) is 0. The Hall–Kier alpha value is -1.56. The van der Waals surface area contributed by atoms with Gasteiger partial charge in [0.05, 0.1) is 0 Å². The van der Waals surface area contributed by atoms with Gasteiger partial charge in [-0.15, -0.1) is 0 Å². The molecule has 2 aromatic carbocycles. The first-order valence-electron chi connectivity index (χ1n) is 6.44. The summed E-state index contributed by atoms with van der Waals surface area (Å²) in [5, 5.41) is 0. The minimum atomic E-state index is 1.20. The summed E-state index contributed by atoms with van der Waals surface area (Å²) in [7, 11) is 0. The number of aryl methyl sites for hydroxylation is 3. The van der Waals surface area contributed by atoms with Crippen LogP contribution < -0.4 is 0 Å². The van der Waals surface area contributed by atoms with Crippen molar-refractivity contribution in [3.05, 3.63) is 71.3 Å². The lowest BCUT2D eigenvalue weighted by atomic mass is 10.0. The van der Waals surface area contributed by atoms with Gasteiger partial charge in [-0.05, 0) is 43.7 Å². The number of unbranched alkanes of at least 4 members (excludes halogenated alkanes) is 1. The first-order valence-corrected chi connectivity index (χ1v) is 6.44. The average Bonchev–Trinajstić information content (AvgIpc) is 2.38. The Morgan fingerprint density at radius 3 is 1.76 bits per heavy atom. The molecular weight excluding hydrogens is 204 g/mol. The predicted octanol–water partition coefficient (Wildman–Crippen LogP) is 4.56. The van der Waals surface area contributed by atoms with Crippen LogP contribution in [0.5, 0.6) is 0 Å². The Labute approximate surface area is 104 Å². The lowest BCUT2D eigenvalue weighted by Gasteiger charge is -2.03. The van der Waals surface area contributed by atoms with Crippen molar-refractivity contribution in [2.24, 2.45) is 0 Å². The van der Waals surface area contributed by atoms with Crippen LogP contribution >= 0.6 is 0 Å². The molecule has 88 valence electrons. The maximum Gasteiger partial charge on any atom is -0.0279 e. The second-order valence-corrected chi connectivity index (χ2v) is 4.68. The maximum absolute atomic E-state index is 2.25. The third-order valence-corrected chi connectivity index (χ3v) is 3.14. The highest BCUT2D eigenvalue weighted by atomic mass is 14.0. The van der Waals surface area contributed by atoms with Gasteiger partial charge in [-0.25, -0.2) is 0 Å². The molecule has 0 fully saturated rings. The van der Waals surface area contributed by atoms with Crippen LogP contribution in [-0.2, 0) is 12.8 Å². The van der Waals surface area contributed by atoms with Crippen LogP contribution in [0, 0.1) is 6.92 Å². The van der Waals surface area contributed by atoms with E-state index >= 15 is 0 Å². The Kier molecular flexibility index (Phi) is 4.37. The van der Waals surface area contributed by atoms with E-state index in [1.54, 1.807) is 0 Å². The fourth-order valence-corrected chi connectivity index (χ4v) is 2.06. The fraction of sp³-hybridized carbons (Fsp3) is 0.294. The topological polar surface area (TPSA) is 0 Å². The molecule has 17 heavy (non-hydrogen) atoms. The summed E-state index contributed by atoms with van der Waals surface area (Å²) >= 11 is 0. The largest absolute Gasteiger partial charge is 0.0622 e. The van der Waals surface area contributed by atoms with E-state index in [1.165, 1.54) is 42.4 Å². The van der Waals surface area contributed by atoms with Gasteiger partial charge in [0.15, 0.2) is 0 Å². The van der Waals surface area contributed by atoms with E-state index in [9.17, 15) is 0 Å². The quantitative estimate of drug-likeness (QED) is 0.653. The lowest BCUT2D eigenvalue weighted by Crippen LogP contribution is -1.89. The molecule has 0 radical (unpaired) electrons. The van der Waals surface area contributed by atoms with Crippen molar-refractivity contribution >= 4 is 0 Å². The normalized spacial score (nSPS) is 10.4. The smallest absolute Gasteiger partial charge is 0.0279 e. The molecule has 0 N–H and O–H groups in total. The highest BCUT2D eigenvalue weighted by Gasteiger charge is 1.95. The van der Waals surface area contributed by atoms with Crippen LogP contribution in [0.1, 0.15) is 29.5 Å². The monoisotopic (exact) mass is 224 g/mol. The highest BCUT2D eigenvalue weighted by Crippen LogP contribution is 2.10. The van der Waals surface area contributed by atoms with E-state index < -0.39 is 0 Å². The number of hydrogen-bond acceptors (Lipinski definition) is 0. The molecule has 0 spiro atoms. The second-order valence-electron chi connectivity index (χ2n) is 4.68. The van der Waals surface area contributed by atoms with Crippen molar-refractivity contribution in [1.29, 1.82) is 0 Å². The first kappa shape index (κ1) is 11.9. The zero-order valence-electron chi connectivity index (χ0n) is 10.5. The van der Waals surface area contributed by atoms with E-state index in [1.807, 2.05) is 0 Å². The summed E-state index contributed by atoms with van der Waals surface area (Å²) < 4.78 is 0.